The number of hydrogen-bond donors (Lipinski definition) is 1. The molecule has 2 aliphatic rings. The van der Waals surface area contributed by atoms with Crippen LogP contribution >= 0.6 is 11.8 Å². The third-order valence-electron chi connectivity index (χ3n) is 3.54. The van der Waals surface area contributed by atoms with Crippen molar-refractivity contribution in [2.24, 2.45) is 4.99 Å². The van der Waals surface area contributed by atoms with Crippen LogP contribution < -0.4 is 5.32 Å². The molecule has 2 unspecified atom stereocenters. The average molecular weight is 242 g/mol. The molecule has 2 fully saturated rings. The number of ether oxygens (including phenoxy) is 1. The van der Waals surface area contributed by atoms with Crippen LogP contribution in [-0.4, -0.2) is 35.7 Å². The van der Waals surface area contributed by atoms with Crippen molar-refractivity contribution in [3.05, 3.63) is 0 Å². The number of rotatable bonds is 3. The third-order valence-corrected chi connectivity index (χ3v) is 4.46. The minimum absolute atomic E-state index is 0.251. The fourth-order valence-electron chi connectivity index (χ4n) is 2.05. The summed E-state index contributed by atoms with van der Waals surface area (Å²) >= 11 is 1.85. The average Bonchev–Trinajstić information content (AvgIpc) is 2.80. The second-order valence-electron chi connectivity index (χ2n) is 4.92. The van der Waals surface area contributed by atoms with Crippen molar-refractivity contribution in [3.63, 3.8) is 0 Å². The summed E-state index contributed by atoms with van der Waals surface area (Å²) in [6.07, 6.45) is 5.12. The first-order valence-electron chi connectivity index (χ1n) is 6.29. The van der Waals surface area contributed by atoms with Gasteiger partial charge in [0.05, 0.1) is 12.6 Å². The second-order valence-corrected chi connectivity index (χ2v) is 6.00. The van der Waals surface area contributed by atoms with E-state index in [1.807, 2.05) is 11.8 Å². The highest BCUT2D eigenvalue weighted by atomic mass is 32.2. The first-order valence-corrected chi connectivity index (χ1v) is 7.27. The molecule has 0 bridgehead atoms. The molecular formula is C12H22N2OS. The molecule has 1 N–H and O–H groups in total. The van der Waals surface area contributed by atoms with E-state index in [2.05, 4.69) is 24.2 Å². The number of hydrogen-bond acceptors (Lipinski definition) is 3. The summed E-state index contributed by atoms with van der Waals surface area (Å²) < 4.78 is 5.58. The van der Waals surface area contributed by atoms with Crippen molar-refractivity contribution in [1.29, 1.82) is 0 Å². The van der Waals surface area contributed by atoms with Crippen molar-refractivity contribution in [2.45, 2.75) is 51.2 Å². The molecule has 2 heterocycles. The molecule has 2 aliphatic heterocycles. The molecule has 0 spiro atoms. The van der Waals surface area contributed by atoms with Gasteiger partial charge in [-0.15, -0.1) is 0 Å². The molecule has 0 aromatic heterocycles. The van der Waals surface area contributed by atoms with Crippen LogP contribution in [-0.2, 0) is 4.74 Å². The van der Waals surface area contributed by atoms with E-state index in [-0.39, 0.29) is 5.54 Å². The number of nitrogens with zero attached hydrogens (tertiary/aromatic N) is 1. The third kappa shape index (κ3) is 3.14. The molecule has 0 aromatic carbocycles. The summed E-state index contributed by atoms with van der Waals surface area (Å²) in [7, 11) is 0. The zero-order valence-corrected chi connectivity index (χ0v) is 11.1. The Kier molecular flexibility index (Phi) is 4.14. The Labute approximate surface area is 102 Å². The Balaban J connectivity index is 1.85. The van der Waals surface area contributed by atoms with E-state index < -0.39 is 0 Å². The molecule has 16 heavy (non-hydrogen) atoms. The van der Waals surface area contributed by atoms with Gasteiger partial charge in [-0.3, -0.25) is 4.99 Å². The van der Waals surface area contributed by atoms with Gasteiger partial charge >= 0.3 is 0 Å². The monoisotopic (exact) mass is 242 g/mol. The SMILES string of the molecule is CCC1(C)CCSC(=NCC2CCCO2)N1. The van der Waals surface area contributed by atoms with Crippen LogP contribution in [0.2, 0.25) is 0 Å². The van der Waals surface area contributed by atoms with Gasteiger partial charge in [0.1, 0.15) is 0 Å². The van der Waals surface area contributed by atoms with E-state index in [0.29, 0.717) is 6.10 Å². The van der Waals surface area contributed by atoms with E-state index in [4.69, 9.17) is 4.74 Å². The van der Waals surface area contributed by atoms with Crippen molar-refractivity contribution in [2.75, 3.05) is 18.9 Å². The Morgan fingerprint density at radius 3 is 3.19 bits per heavy atom. The molecular weight excluding hydrogens is 220 g/mol. The lowest BCUT2D eigenvalue weighted by molar-refractivity contribution is 0.118. The van der Waals surface area contributed by atoms with Crippen LogP contribution in [0.1, 0.15) is 39.5 Å². The maximum absolute atomic E-state index is 5.58. The Hall–Kier alpha value is -0.220. The predicted molar refractivity (Wildman–Crippen MR) is 70.2 cm³/mol. The van der Waals surface area contributed by atoms with E-state index in [0.717, 1.165) is 24.7 Å². The molecule has 0 radical (unpaired) electrons. The van der Waals surface area contributed by atoms with Crippen molar-refractivity contribution < 1.29 is 4.74 Å². The lowest BCUT2D eigenvalue weighted by atomic mass is 9.96. The molecule has 3 nitrogen and oxygen atoms in total. The first kappa shape index (κ1) is 12.2. The molecule has 0 aromatic rings. The van der Waals surface area contributed by atoms with Gasteiger partial charge < -0.3 is 10.1 Å². The summed E-state index contributed by atoms with van der Waals surface area (Å²) in [5, 5.41) is 4.68. The second kappa shape index (κ2) is 5.41. The topological polar surface area (TPSA) is 33.6 Å². The molecule has 2 rings (SSSR count). The van der Waals surface area contributed by atoms with Gasteiger partial charge in [-0.2, -0.15) is 0 Å². The standard InChI is InChI=1S/C12H22N2OS/c1-3-12(2)6-8-16-11(14-12)13-9-10-5-4-7-15-10/h10H,3-9H2,1-2H3,(H,13,14). The van der Waals surface area contributed by atoms with E-state index >= 15 is 0 Å². The summed E-state index contributed by atoms with van der Waals surface area (Å²) in [6, 6.07) is 0. The van der Waals surface area contributed by atoms with Crippen LogP contribution in [0, 0.1) is 0 Å². The molecule has 0 saturated carbocycles. The van der Waals surface area contributed by atoms with Crippen molar-refractivity contribution in [1.82, 2.24) is 5.32 Å². The van der Waals surface area contributed by atoms with Gasteiger partial charge in [0.15, 0.2) is 5.17 Å². The smallest absolute Gasteiger partial charge is 0.157 e. The molecule has 4 heteroatoms. The number of aliphatic imine (C=N–C) groups is 1. The molecule has 2 saturated heterocycles. The van der Waals surface area contributed by atoms with Gasteiger partial charge in [0, 0.05) is 17.9 Å². The zero-order chi connectivity index (χ0) is 11.4. The van der Waals surface area contributed by atoms with Gasteiger partial charge in [0.2, 0.25) is 0 Å². The number of amidine groups is 1. The fraction of sp³-hybridized carbons (Fsp3) is 0.917. The van der Waals surface area contributed by atoms with Crippen LogP contribution in [0.15, 0.2) is 4.99 Å². The lowest BCUT2D eigenvalue weighted by Gasteiger charge is -2.35. The Morgan fingerprint density at radius 2 is 2.50 bits per heavy atom. The summed E-state index contributed by atoms with van der Waals surface area (Å²) in [5.41, 5.74) is 0.251. The number of thioether (sulfide) groups is 1. The van der Waals surface area contributed by atoms with Gasteiger partial charge in [-0.05, 0) is 32.6 Å². The van der Waals surface area contributed by atoms with Crippen LogP contribution in [0.25, 0.3) is 0 Å². The molecule has 0 amide bonds. The quantitative estimate of drug-likeness (QED) is 0.825. The zero-order valence-electron chi connectivity index (χ0n) is 10.3. The highest BCUT2D eigenvalue weighted by Gasteiger charge is 2.27. The first-order chi connectivity index (χ1) is 7.72. The maximum Gasteiger partial charge on any atom is 0.157 e. The van der Waals surface area contributed by atoms with Crippen molar-refractivity contribution >= 4 is 16.9 Å². The highest BCUT2D eigenvalue weighted by Crippen LogP contribution is 2.25. The number of nitrogens with one attached hydrogen (secondary N) is 1. The molecule has 92 valence electrons. The molecule has 2 atom stereocenters. The highest BCUT2D eigenvalue weighted by molar-refractivity contribution is 8.13. The van der Waals surface area contributed by atoms with Gasteiger partial charge in [0.25, 0.3) is 0 Å². The largest absolute Gasteiger partial charge is 0.376 e. The van der Waals surface area contributed by atoms with Crippen LogP contribution in [0.3, 0.4) is 0 Å². The summed E-state index contributed by atoms with van der Waals surface area (Å²) in [6.45, 7) is 6.27. The normalized spacial score (nSPS) is 37.6. The van der Waals surface area contributed by atoms with Crippen LogP contribution in [0.5, 0.6) is 0 Å². The van der Waals surface area contributed by atoms with Crippen LogP contribution in [0.4, 0.5) is 0 Å². The minimum atomic E-state index is 0.251. The molecule has 0 aliphatic carbocycles. The summed E-state index contributed by atoms with van der Waals surface area (Å²) in [5.74, 6) is 1.18. The van der Waals surface area contributed by atoms with Crippen molar-refractivity contribution in [3.8, 4) is 0 Å². The lowest BCUT2D eigenvalue weighted by Crippen LogP contribution is -2.48. The minimum Gasteiger partial charge on any atom is -0.376 e. The Bertz CT molecular complexity index is 264. The van der Waals surface area contributed by atoms with Gasteiger partial charge in [-0.25, -0.2) is 0 Å². The van der Waals surface area contributed by atoms with E-state index in [1.54, 1.807) is 0 Å². The summed E-state index contributed by atoms with van der Waals surface area (Å²) in [4.78, 5) is 4.65. The fourth-order valence-corrected chi connectivity index (χ4v) is 3.28. The Morgan fingerprint density at radius 1 is 1.62 bits per heavy atom. The predicted octanol–water partition coefficient (Wildman–Crippen LogP) is 2.42. The van der Waals surface area contributed by atoms with E-state index in [9.17, 15) is 0 Å². The van der Waals surface area contributed by atoms with E-state index in [1.165, 1.54) is 25.0 Å². The van der Waals surface area contributed by atoms with Gasteiger partial charge in [-0.1, -0.05) is 18.7 Å². The maximum atomic E-state index is 5.58.